The van der Waals surface area contributed by atoms with Crippen LogP contribution in [-0.4, -0.2) is 6.29 Å². The van der Waals surface area contributed by atoms with Gasteiger partial charge in [-0.1, -0.05) is 12.1 Å². The van der Waals surface area contributed by atoms with Crippen molar-refractivity contribution in [2.24, 2.45) is 0 Å². The van der Waals surface area contributed by atoms with E-state index in [0.717, 1.165) is 20.5 Å². The zero-order valence-electron chi connectivity index (χ0n) is 6.38. The topological polar surface area (TPSA) is 17.1 Å². The van der Waals surface area contributed by atoms with Crippen molar-refractivity contribution in [2.75, 3.05) is 0 Å². The molecule has 0 saturated heterocycles. The Labute approximate surface area is 86.3 Å². The Hall–Kier alpha value is -0.740. The quantitative estimate of drug-likeness (QED) is 0.715. The van der Waals surface area contributed by atoms with Crippen molar-refractivity contribution in [2.45, 2.75) is 0 Å². The number of carbonyl (C=O) groups excluding carboxylic acids is 1. The van der Waals surface area contributed by atoms with Crippen molar-refractivity contribution in [1.82, 2.24) is 0 Å². The summed E-state index contributed by atoms with van der Waals surface area (Å²) >= 11 is 4.46. The number of carbonyl (C=O) groups is 1. The van der Waals surface area contributed by atoms with Crippen molar-refractivity contribution in [3.63, 3.8) is 0 Å². The maximum atomic E-state index is 13.4. The van der Waals surface area contributed by atoms with Gasteiger partial charge in [0.2, 0.25) is 0 Å². The molecule has 66 valence electrons. The zero-order valence-corrected chi connectivity index (χ0v) is 8.78. The number of aldehydes is 1. The summed E-state index contributed by atoms with van der Waals surface area (Å²) in [4.78, 5) is 10.6. The molecule has 0 atom stereocenters. The summed E-state index contributed by atoms with van der Waals surface area (Å²) in [7, 11) is 0. The molecule has 1 aromatic carbocycles. The average molecular weight is 259 g/mol. The lowest BCUT2D eigenvalue weighted by molar-refractivity contribution is 0.112. The molecule has 0 aliphatic rings. The van der Waals surface area contributed by atoms with Gasteiger partial charge < -0.3 is 0 Å². The SMILES string of the molecule is O=Cc1sc2c(Br)cccc2c1F. The maximum absolute atomic E-state index is 13.4. The van der Waals surface area contributed by atoms with E-state index < -0.39 is 5.82 Å². The van der Waals surface area contributed by atoms with Gasteiger partial charge in [-0.3, -0.25) is 4.79 Å². The lowest BCUT2D eigenvalue weighted by atomic mass is 10.2. The van der Waals surface area contributed by atoms with E-state index in [1.165, 1.54) is 0 Å². The number of hydrogen-bond donors (Lipinski definition) is 0. The summed E-state index contributed by atoms with van der Waals surface area (Å²) < 4.78 is 15.0. The van der Waals surface area contributed by atoms with E-state index in [4.69, 9.17) is 0 Å². The highest BCUT2D eigenvalue weighted by Crippen LogP contribution is 2.33. The van der Waals surface area contributed by atoms with Crippen LogP contribution in [0.3, 0.4) is 0 Å². The minimum absolute atomic E-state index is 0.155. The van der Waals surface area contributed by atoms with Crippen LogP contribution in [0.15, 0.2) is 22.7 Å². The van der Waals surface area contributed by atoms with Gasteiger partial charge in [0.05, 0.1) is 4.70 Å². The molecule has 0 amide bonds. The monoisotopic (exact) mass is 258 g/mol. The molecule has 0 N–H and O–H groups in total. The summed E-state index contributed by atoms with van der Waals surface area (Å²) in [5.74, 6) is -0.420. The zero-order chi connectivity index (χ0) is 9.42. The van der Waals surface area contributed by atoms with E-state index in [1.54, 1.807) is 12.1 Å². The van der Waals surface area contributed by atoms with Crippen LogP contribution in [0, 0.1) is 5.82 Å². The van der Waals surface area contributed by atoms with Crippen LogP contribution in [0.2, 0.25) is 0 Å². The third-order valence-electron chi connectivity index (χ3n) is 1.74. The van der Waals surface area contributed by atoms with Crippen LogP contribution in [0.25, 0.3) is 10.1 Å². The molecule has 2 rings (SSSR count). The Kier molecular flexibility index (Phi) is 2.17. The number of benzene rings is 1. The first-order valence-corrected chi connectivity index (χ1v) is 5.16. The molecule has 0 saturated carbocycles. The fourth-order valence-corrected chi connectivity index (χ4v) is 2.66. The minimum Gasteiger partial charge on any atom is -0.297 e. The molecule has 1 nitrogen and oxygen atoms in total. The van der Waals surface area contributed by atoms with Crippen LogP contribution in [0.1, 0.15) is 9.67 Å². The normalized spacial score (nSPS) is 10.6. The fourth-order valence-electron chi connectivity index (χ4n) is 1.15. The van der Waals surface area contributed by atoms with Crippen molar-refractivity contribution < 1.29 is 9.18 Å². The van der Waals surface area contributed by atoms with Gasteiger partial charge in [0.1, 0.15) is 4.88 Å². The number of halogens is 2. The molecular formula is C9H4BrFOS. The Balaban J connectivity index is 2.91. The third-order valence-corrected chi connectivity index (χ3v) is 3.80. The van der Waals surface area contributed by atoms with E-state index in [2.05, 4.69) is 15.9 Å². The van der Waals surface area contributed by atoms with E-state index in [9.17, 15) is 9.18 Å². The summed E-state index contributed by atoms with van der Waals surface area (Å²) in [5.41, 5.74) is 0. The first-order chi connectivity index (χ1) is 6.24. The van der Waals surface area contributed by atoms with Gasteiger partial charge in [0.25, 0.3) is 0 Å². The van der Waals surface area contributed by atoms with Gasteiger partial charge in [0.15, 0.2) is 12.1 Å². The highest BCUT2D eigenvalue weighted by Gasteiger charge is 2.12. The van der Waals surface area contributed by atoms with Crippen molar-refractivity contribution in [3.8, 4) is 0 Å². The van der Waals surface area contributed by atoms with Crippen molar-refractivity contribution in [1.29, 1.82) is 0 Å². The number of rotatable bonds is 1. The Morgan fingerprint density at radius 2 is 2.23 bits per heavy atom. The summed E-state index contributed by atoms with van der Waals surface area (Å²) in [6, 6.07) is 5.24. The number of hydrogen-bond acceptors (Lipinski definition) is 2. The van der Waals surface area contributed by atoms with E-state index in [-0.39, 0.29) is 4.88 Å². The Bertz CT molecular complexity index is 478. The average Bonchev–Trinajstić information content (AvgIpc) is 2.45. The maximum Gasteiger partial charge on any atom is 0.163 e. The third kappa shape index (κ3) is 1.30. The molecule has 0 bridgehead atoms. The Morgan fingerprint density at radius 3 is 2.85 bits per heavy atom. The lowest BCUT2D eigenvalue weighted by Gasteiger charge is -1.90. The largest absolute Gasteiger partial charge is 0.297 e. The molecule has 13 heavy (non-hydrogen) atoms. The second-order valence-electron chi connectivity index (χ2n) is 2.51. The minimum atomic E-state index is -0.420. The first-order valence-electron chi connectivity index (χ1n) is 3.55. The molecule has 4 heteroatoms. The molecule has 0 radical (unpaired) electrons. The van der Waals surface area contributed by atoms with Gasteiger partial charge in [0, 0.05) is 9.86 Å². The van der Waals surface area contributed by atoms with Crippen LogP contribution in [0.5, 0.6) is 0 Å². The molecule has 1 heterocycles. The lowest BCUT2D eigenvalue weighted by Crippen LogP contribution is -1.76. The highest BCUT2D eigenvalue weighted by molar-refractivity contribution is 9.10. The molecule has 0 unspecified atom stereocenters. The fraction of sp³-hybridized carbons (Fsp3) is 0. The second-order valence-corrected chi connectivity index (χ2v) is 4.42. The van der Waals surface area contributed by atoms with Gasteiger partial charge >= 0.3 is 0 Å². The highest BCUT2D eigenvalue weighted by atomic mass is 79.9. The van der Waals surface area contributed by atoms with Crippen molar-refractivity contribution in [3.05, 3.63) is 33.4 Å². The molecule has 1 aromatic heterocycles. The predicted molar refractivity (Wildman–Crippen MR) is 54.9 cm³/mol. The van der Waals surface area contributed by atoms with Gasteiger partial charge in [-0.2, -0.15) is 0 Å². The van der Waals surface area contributed by atoms with Crippen LogP contribution < -0.4 is 0 Å². The molecule has 0 spiro atoms. The standard InChI is InChI=1S/C9H4BrFOS/c10-6-3-1-2-5-8(11)7(4-12)13-9(5)6/h1-4H. The molecule has 0 aliphatic heterocycles. The second kappa shape index (κ2) is 3.20. The smallest absolute Gasteiger partial charge is 0.163 e. The van der Waals surface area contributed by atoms with Crippen LogP contribution in [0.4, 0.5) is 4.39 Å². The summed E-state index contributed by atoms with van der Waals surface area (Å²) in [6.07, 6.45) is 0.548. The number of thiophene rings is 1. The molecule has 0 fully saturated rings. The Morgan fingerprint density at radius 1 is 1.46 bits per heavy atom. The number of fused-ring (bicyclic) bond motifs is 1. The van der Waals surface area contributed by atoms with Crippen LogP contribution >= 0.6 is 27.3 Å². The van der Waals surface area contributed by atoms with Gasteiger partial charge in [-0.15, -0.1) is 11.3 Å². The molecular weight excluding hydrogens is 255 g/mol. The van der Waals surface area contributed by atoms with E-state index in [1.807, 2.05) is 6.07 Å². The molecule has 0 aliphatic carbocycles. The van der Waals surface area contributed by atoms with Gasteiger partial charge in [-0.25, -0.2) is 4.39 Å². The first kappa shape index (κ1) is 8.84. The van der Waals surface area contributed by atoms with Crippen LogP contribution in [-0.2, 0) is 0 Å². The van der Waals surface area contributed by atoms with E-state index in [0.29, 0.717) is 11.7 Å². The van der Waals surface area contributed by atoms with E-state index >= 15 is 0 Å². The van der Waals surface area contributed by atoms with Crippen molar-refractivity contribution >= 4 is 43.6 Å². The predicted octanol–water partition coefficient (Wildman–Crippen LogP) is 3.62. The van der Waals surface area contributed by atoms with Gasteiger partial charge in [-0.05, 0) is 22.0 Å². The molecule has 2 aromatic rings. The summed E-state index contributed by atoms with van der Waals surface area (Å²) in [6.45, 7) is 0. The summed E-state index contributed by atoms with van der Waals surface area (Å²) in [5, 5.41) is 0.501.